The lowest BCUT2D eigenvalue weighted by Gasteiger charge is -2.14. The van der Waals surface area contributed by atoms with Gasteiger partial charge in [-0.25, -0.2) is 0 Å². The van der Waals surface area contributed by atoms with Gasteiger partial charge < -0.3 is 20.7 Å². The lowest BCUT2D eigenvalue weighted by Crippen LogP contribution is -2.07. The number of nitrogens with two attached hydrogens (primary N) is 1. The van der Waals surface area contributed by atoms with Gasteiger partial charge in [0, 0.05) is 4.47 Å². The van der Waals surface area contributed by atoms with Crippen LogP contribution in [0.1, 0.15) is 18.1 Å². The highest BCUT2D eigenvalue weighted by atomic mass is 79.9. The average molecular weight is 276 g/mol. The summed E-state index contributed by atoms with van der Waals surface area (Å²) < 4.78 is 5.60. The first-order valence-corrected chi connectivity index (χ1v) is 5.34. The van der Waals surface area contributed by atoms with Crippen molar-refractivity contribution in [1.29, 1.82) is 0 Å². The molecule has 1 aromatic rings. The number of rotatable bonds is 4. The number of phenolic OH excluding ortho intramolecular Hbond substituents is 1. The zero-order chi connectivity index (χ0) is 11.4. The molecule has 0 amide bonds. The number of hydrogen-bond acceptors (Lipinski definition) is 4. The zero-order valence-electron chi connectivity index (χ0n) is 8.40. The fourth-order valence-electron chi connectivity index (χ4n) is 1.29. The van der Waals surface area contributed by atoms with Crippen LogP contribution in [0.4, 0.5) is 0 Å². The second-order valence-electron chi connectivity index (χ2n) is 3.14. The first-order chi connectivity index (χ1) is 7.10. The van der Waals surface area contributed by atoms with Crippen molar-refractivity contribution >= 4 is 15.9 Å². The maximum atomic E-state index is 9.77. The molecule has 0 aliphatic carbocycles. The van der Waals surface area contributed by atoms with Gasteiger partial charge in [0.15, 0.2) is 11.5 Å². The van der Waals surface area contributed by atoms with Crippen molar-refractivity contribution in [2.45, 2.75) is 12.5 Å². The molecule has 0 heterocycles. The topological polar surface area (TPSA) is 75.7 Å². The molecule has 5 heteroatoms. The van der Waals surface area contributed by atoms with Crippen LogP contribution < -0.4 is 10.5 Å². The molecule has 1 unspecified atom stereocenters. The van der Waals surface area contributed by atoms with Gasteiger partial charge in [0.2, 0.25) is 0 Å². The van der Waals surface area contributed by atoms with Crippen molar-refractivity contribution < 1.29 is 14.9 Å². The summed E-state index contributed by atoms with van der Waals surface area (Å²) in [4.78, 5) is 0. The van der Waals surface area contributed by atoms with Crippen molar-refractivity contribution in [3.63, 3.8) is 0 Å². The molecule has 0 saturated heterocycles. The van der Waals surface area contributed by atoms with Crippen molar-refractivity contribution in [2.75, 3.05) is 13.7 Å². The van der Waals surface area contributed by atoms with E-state index in [4.69, 9.17) is 10.5 Å². The molecule has 84 valence electrons. The molecule has 4 nitrogen and oxygen atoms in total. The van der Waals surface area contributed by atoms with Gasteiger partial charge in [-0.1, -0.05) is 15.9 Å². The zero-order valence-corrected chi connectivity index (χ0v) is 9.99. The fourth-order valence-corrected chi connectivity index (χ4v) is 1.89. The average Bonchev–Trinajstić information content (AvgIpc) is 2.18. The smallest absolute Gasteiger partial charge is 0.160 e. The second kappa shape index (κ2) is 5.34. The van der Waals surface area contributed by atoms with Gasteiger partial charge in [0.1, 0.15) is 0 Å². The van der Waals surface area contributed by atoms with Gasteiger partial charge in [0.25, 0.3) is 0 Å². The van der Waals surface area contributed by atoms with Crippen LogP contribution in [0.2, 0.25) is 0 Å². The van der Waals surface area contributed by atoms with Crippen LogP contribution in [0, 0.1) is 0 Å². The number of aromatic hydroxyl groups is 1. The van der Waals surface area contributed by atoms with Crippen LogP contribution in [-0.4, -0.2) is 23.9 Å². The maximum Gasteiger partial charge on any atom is 0.160 e. The summed E-state index contributed by atoms with van der Waals surface area (Å²) in [6.07, 6.45) is -0.189. The number of phenols is 1. The lowest BCUT2D eigenvalue weighted by atomic mass is 10.1. The molecule has 4 N–H and O–H groups in total. The normalized spacial score (nSPS) is 12.5. The predicted octanol–water partition coefficient (Wildman–Crippen LogP) is 1.55. The number of hydrogen-bond donors (Lipinski definition) is 3. The van der Waals surface area contributed by atoms with Gasteiger partial charge in [0.05, 0.1) is 13.2 Å². The molecule has 1 atom stereocenters. The van der Waals surface area contributed by atoms with Crippen molar-refractivity contribution in [3.05, 3.63) is 22.2 Å². The van der Waals surface area contributed by atoms with Crippen LogP contribution in [0.25, 0.3) is 0 Å². The third-order valence-electron chi connectivity index (χ3n) is 2.10. The molecular formula is C10H14BrNO3. The Kier molecular flexibility index (Phi) is 4.38. The largest absolute Gasteiger partial charge is 0.504 e. The monoisotopic (exact) mass is 275 g/mol. The summed E-state index contributed by atoms with van der Waals surface area (Å²) in [7, 11) is 1.46. The molecule has 0 aliphatic heterocycles. The number of aliphatic hydroxyl groups is 1. The van der Waals surface area contributed by atoms with Crippen LogP contribution in [0.15, 0.2) is 16.6 Å². The molecule has 0 spiro atoms. The van der Waals surface area contributed by atoms with E-state index < -0.39 is 6.10 Å². The van der Waals surface area contributed by atoms with Crippen molar-refractivity contribution in [1.82, 2.24) is 0 Å². The molecule has 0 bridgehead atoms. The minimum Gasteiger partial charge on any atom is -0.504 e. The molecule has 0 aliphatic rings. The highest BCUT2D eigenvalue weighted by Gasteiger charge is 2.14. The van der Waals surface area contributed by atoms with Crippen molar-refractivity contribution in [3.8, 4) is 11.5 Å². The number of aliphatic hydroxyl groups excluding tert-OH is 1. The molecule has 1 rings (SSSR count). The highest BCUT2D eigenvalue weighted by molar-refractivity contribution is 9.10. The van der Waals surface area contributed by atoms with Gasteiger partial charge in [-0.3, -0.25) is 0 Å². The van der Waals surface area contributed by atoms with E-state index in [1.165, 1.54) is 13.2 Å². The number of benzene rings is 1. The Morgan fingerprint density at radius 3 is 2.73 bits per heavy atom. The standard InChI is InChI=1S/C10H14BrNO3/c1-15-10-4-6(8(13)2-3-12)7(11)5-9(10)14/h4-5,8,13-14H,2-3,12H2,1H3. The third-order valence-corrected chi connectivity index (χ3v) is 2.78. The number of halogens is 1. The quantitative estimate of drug-likeness (QED) is 0.779. The minimum atomic E-state index is -0.654. The Balaban J connectivity index is 3.06. The van der Waals surface area contributed by atoms with Crippen LogP contribution in [0.3, 0.4) is 0 Å². The fraction of sp³-hybridized carbons (Fsp3) is 0.400. The van der Waals surface area contributed by atoms with E-state index in [0.29, 0.717) is 28.8 Å². The van der Waals surface area contributed by atoms with E-state index >= 15 is 0 Å². The Hall–Kier alpha value is -0.780. The second-order valence-corrected chi connectivity index (χ2v) is 3.99. The summed E-state index contributed by atoms with van der Waals surface area (Å²) in [6.45, 7) is 0.400. The Morgan fingerprint density at radius 1 is 1.53 bits per heavy atom. The van der Waals surface area contributed by atoms with Crippen molar-refractivity contribution in [2.24, 2.45) is 5.73 Å². The SMILES string of the molecule is COc1cc(C(O)CCN)c(Br)cc1O. The summed E-state index contributed by atoms with van der Waals surface area (Å²) in [6, 6.07) is 3.09. The molecule has 1 aromatic carbocycles. The Bertz CT molecular complexity index is 344. The van der Waals surface area contributed by atoms with E-state index in [2.05, 4.69) is 15.9 Å². The van der Waals surface area contributed by atoms with Crippen LogP contribution in [0.5, 0.6) is 11.5 Å². The van der Waals surface area contributed by atoms with E-state index in [1.54, 1.807) is 6.07 Å². The third kappa shape index (κ3) is 2.84. The summed E-state index contributed by atoms with van der Waals surface area (Å²) in [5.74, 6) is 0.373. The molecule has 0 saturated carbocycles. The molecule has 0 aromatic heterocycles. The van der Waals surface area contributed by atoms with E-state index in [1.807, 2.05) is 0 Å². The number of methoxy groups -OCH3 is 1. The van der Waals surface area contributed by atoms with Gasteiger partial charge in [-0.05, 0) is 30.7 Å². The summed E-state index contributed by atoms with van der Waals surface area (Å²) in [5, 5.41) is 19.2. The summed E-state index contributed by atoms with van der Waals surface area (Å²) in [5.41, 5.74) is 6.02. The van der Waals surface area contributed by atoms with Crippen LogP contribution >= 0.6 is 15.9 Å². The first-order valence-electron chi connectivity index (χ1n) is 4.54. The first kappa shape index (κ1) is 12.3. The van der Waals surface area contributed by atoms with Crippen LogP contribution in [-0.2, 0) is 0 Å². The predicted molar refractivity (Wildman–Crippen MR) is 61.0 cm³/mol. The molecular weight excluding hydrogens is 262 g/mol. The number of ether oxygens (including phenoxy) is 1. The van der Waals surface area contributed by atoms with E-state index in [0.717, 1.165) is 0 Å². The lowest BCUT2D eigenvalue weighted by molar-refractivity contribution is 0.169. The van der Waals surface area contributed by atoms with Gasteiger partial charge in [-0.2, -0.15) is 0 Å². The Labute approximate surface area is 96.8 Å². The van der Waals surface area contributed by atoms with Gasteiger partial charge in [-0.15, -0.1) is 0 Å². The Morgan fingerprint density at radius 2 is 2.20 bits per heavy atom. The molecule has 0 radical (unpaired) electrons. The summed E-state index contributed by atoms with van der Waals surface area (Å²) >= 11 is 3.26. The molecule has 0 fully saturated rings. The maximum absolute atomic E-state index is 9.77. The molecule has 15 heavy (non-hydrogen) atoms. The minimum absolute atomic E-state index is 0.0353. The van der Waals surface area contributed by atoms with E-state index in [9.17, 15) is 10.2 Å². The van der Waals surface area contributed by atoms with E-state index in [-0.39, 0.29) is 5.75 Å². The van der Waals surface area contributed by atoms with Gasteiger partial charge >= 0.3 is 0 Å². The highest BCUT2D eigenvalue weighted by Crippen LogP contribution is 2.35.